The van der Waals surface area contributed by atoms with Crippen LogP contribution in [0.5, 0.6) is 34.5 Å². The Bertz CT molecular complexity index is 1380. The van der Waals surface area contributed by atoms with Crippen molar-refractivity contribution in [1.29, 1.82) is 0 Å². The molecule has 1 aliphatic rings. The van der Waals surface area contributed by atoms with E-state index in [4.69, 9.17) is 14.2 Å². The molecule has 5 rings (SSSR count). The lowest BCUT2D eigenvalue weighted by atomic mass is 9.84. The van der Waals surface area contributed by atoms with Crippen molar-refractivity contribution in [3.05, 3.63) is 107 Å². The van der Waals surface area contributed by atoms with Crippen molar-refractivity contribution in [1.82, 2.24) is 0 Å². The van der Waals surface area contributed by atoms with E-state index in [-0.39, 0.29) is 29.3 Å². The van der Waals surface area contributed by atoms with Gasteiger partial charge in [-0.2, -0.15) is 0 Å². The summed E-state index contributed by atoms with van der Waals surface area (Å²) in [6, 6.07) is 23.3. The first-order chi connectivity index (χ1) is 17.4. The summed E-state index contributed by atoms with van der Waals surface area (Å²) >= 11 is 0. The molecule has 4 aromatic carbocycles. The van der Waals surface area contributed by atoms with Gasteiger partial charge in [-0.05, 0) is 70.8 Å². The van der Waals surface area contributed by atoms with Crippen LogP contribution in [0, 0.1) is 0 Å². The van der Waals surface area contributed by atoms with Gasteiger partial charge in [-0.25, -0.2) is 0 Å². The molecule has 1 aliphatic heterocycles. The van der Waals surface area contributed by atoms with Crippen LogP contribution in [0.25, 0.3) is 12.2 Å². The molecule has 6 heteroatoms. The van der Waals surface area contributed by atoms with Gasteiger partial charge < -0.3 is 29.5 Å². The molecule has 2 atom stereocenters. The molecule has 0 saturated heterocycles. The quantitative estimate of drug-likeness (QED) is 0.281. The van der Waals surface area contributed by atoms with Crippen molar-refractivity contribution in [3.8, 4) is 34.5 Å². The highest BCUT2D eigenvalue weighted by molar-refractivity contribution is 5.72. The summed E-state index contributed by atoms with van der Waals surface area (Å²) < 4.78 is 17.5. The molecule has 0 amide bonds. The van der Waals surface area contributed by atoms with Crippen LogP contribution in [0.4, 0.5) is 0 Å². The van der Waals surface area contributed by atoms with Gasteiger partial charge in [0.2, 0.25) is 0 Å². The Labute approximate surface area is 209 Å². The van der Waals surface area contributed by atoms with E-state index in [2.05, 4.69) is 6.07 Å². The second-order valence-electron chi connectivity index (χ2n) is 8.67. The van der Waals surface area contributed by atoms with Crippen molar-refractivity contribution in [2.45, 2.75) is 12.0 Å². The number of rotatable bonds is 6. The van der Waals surface area contributed by atoms with Gasteiger partial charge in [-0.1, -0.05) is 30.4 Å². The third-order valence-corrected chi connectivity index (χ3v) is 6.27. The fourth-order valence-electron chi connectivity index (χ4n) is 4.58. The van der Waals surface area contributed by atoms with Crippen LogP contribution >= 0.6 is 0 Å². The highest BCUT2D eigenvalue weighted by Crippen LogP contribution is 2.51. The standard InChI is InChI=1S/C30H26O6/c1-34-25-14-21(15-26(17-25)35-2)29-27-13-18(3-4-19-11-23(32)16-24(33)12-19)5-10-28(27)36-30(29)20-6-8-22(31)9-7-20/h3-17,29-33H,1-2H3/b4-3+/t29-,30?/m0/s1. The summed E-state index contributed by atoms with van der Waals surface area (Å²) in [4.78, 5) is 0. The molecule has 1 heterocycles. The van der Waals surface area contributed by atoms with Crippen molar-refractivity contribution in [2.75, 3.05) is 14.2 Å². The number of phenolic OH excluding ortho intramolecular Hbond substituents is 3. The van der Waals surface area contributed by atoms with E-state index in [1.807, 2.05) is 54.6 Å². The van der Waals surface area contributed by atoms with Crippen LogP contribution < -0.4 is 14.2 Å². The molecule has 3 N–H and O–H groups in total. The fraction of sp³-hybridized carbons (Fsp3) is 0.133. The van der Waals surface area contributed by atoms with Crippen LogP contribution in [0.15, 0.2) is 78.9 Å². The van der Waals surface area contributed by atoms with E-state index < -0.39 is 0 Å². The number of fused-ring (bicyclic) bond motifs is 1. The van der Waals surface area contributed by atoms with Crippen LogP contribution in [0.2, 0.25) is 0 Å². The Morgan fingerprint density at radius 1 is 0.639 bits per heavy atom. The van der Waals surface area contributed by atoms with Gasteiger partial charge in [0.1, 0.15) is 40.6 Å². The van der Waals surface area contributed by atoms with Crippen LogP contribution in [0.3, 0.4) is 0 Å². The second kappa shape index (κ2) is 9.58. The summed E-state index contributed by atoms with van der Waals surface area (Å²) in [6.07, 6.45) is 3.43. The van der Waals surface area contributed by atoms with Crippen LogP contribution in [0.1, 0.15) is 39.8 Å². The number of hydrogen-bond acceptors (Lipinski definition) is 6. The predicted molar refractivity (Wildman–Crippen MR) is 138 cm³/mol. The zero-order valence-corrected chi connectivity index (χ0v) is 19.9. The minimum absolute atomic E-state index is 0.000721. The van der Waals surface area contributed by atoms with E-state index in [1.165, 1.54) is 6.07 Å². The zero-order chi connectivity index (χ0) is 25.2. The van der Waals surface area contributed by atoms with Crippen molar-refractivity contribution < 1.29 is 29.5 Å². The Morgan fingerprint density at radius 3 is 1.92 bits per heavy atom. The number of aromatic hydroxyl groups is 3. The van der Waals surface area contributed by atoms with Gasteiger partial charge in [0.25, 0.3) is 0 Å². The third-order valence-electron chi connectivity index (χ3n) is 6.27. The minimum atomic E-state index is -0.320. The monoisotopic (exact) mass is 482 g/mol. The minimum Gasteiger partial charge on any atom is -0.508 e. The molecule has 0 aromatic heterocycles. The Kier molecular flexibility index (Phi) is 6.17. The molecule has 6 nitrogen and oxygen atoms in total. The van der Waals surface area contributed by atoms with E-state index in [0.717, 1.165) is 28.0 Å². The number of methoxy groups -OCH3 is 2. The summed E-state index contributed by atoms with van der Waals surface area (Å²) in [7, 11) is 3.24. The maximum Gasteiger partial charge on any atom is 0.135 e. The summed E-state index contributed by atoms with van der Waals surface area (Å²) in [5, 5.41) is 29.3. The Hall–Kier alpha value is -4.58. The number of phenols is 3. The SMILES string of the molecule is COc1cc(OC)cc([C@H]2c3cc(/C=C/c4cc(O)cc(O)c4)ccc3OC2c2ccc(O)cc2)c1. The fourth-order valence-corrected chi connectivity index (χ4v) is 4.58. The topological polar surface area (TPSA) is 88.4 Å². The maximum atomic E-state index is 9.80. The molecular formula is C30H26O6. The third kappa shape index (κ3) is 4.66. The smallest absolute Gasteiger partial charge is 0.135 e. The van der Waals surface area contributed by atoms with E-state index in [9.17, 15) is 15.3 Å². The predicted octanol–water partition coefficient (Wildman–Crippen LogP) is 6.26. The van der Waals surface area contributed by atoms with Crippen molar-refractivity contribution in [3.63, 3.8) is 0 Å². The zero-order valence-electron chi connectivity index (χ0n) is 19.9. The highest BCUT2D eigenvalue weighted by Gasteiger charge is 2.37. The van der Waals surface area contributed by atoms with Gasteiger partial charge in [0.05, 0.1) is 20.1 Å². The lowest BCUT2D eigenvalue weighted by molar-refractivity contribution is 0.222. The van der Waals surface area contributed by atoms with Gasteiger partial charge >= 0.3 is 0 Å². The number of ether oxygens (including phenoxy) is 3. The number of benzene rings is 4. The Morgan fingerprint density at radius 2 is 1.28 bits per heavy atom. The van der Waals surface area contributed by atoms with Crippen molar-refractivity contribution >= 4 is 12.2 Å². The van der Waals surface area contributed by atoms with Gasteiger partial charge in [0.15, 0.2) is 0 Å². The average Bonchev–Trinajstić information content (AvgIpc) is 3.25. The first-order valence-electron chi connectivity index (χ1n) is 11.5. The molecule has 36 heavy (non-hydrogen) atoms. The van der Waals surface area contributed by atoms with E-state index in [1.54, 1.807) is 38.5 Å². The molecule has 0 saturated carbocycles. The van der Waals surface area contributed by atoms with E-state index >= 15 is 0 Å². The normalized spacial score (nSPS) is 16.5. The molecule has 0 spiro atoms. The van der Waals surface area contributed by atoms with E-state index in [0.29, 0.717) is 17.1 Å². The van der Waals surface area contributed by atoms with Gasteiger partial charge in [-0.3, -0.25) is 0 Å². The lowest BCUT2D eigenvalue weighted by Gasteiger charge is -2.21. The first kappa shape index (κ1) is 23.2. The lowest BCUT2D eigenvalue weighted by Crippen LogP contribution is -2.11. The molecule has 182 valence electrons. The summed E-state index contributed by atoms with van der Waals surface area (Å²) in [6.45, 7) is 0. The molecule has 4 aromatic rings. The molecular weight excluding hydrogens is 456 g/mol. The summed E-state index contributed by atoms with van der Waals surface area (Å²) in [5.41, 5.74) is 4.53. The average molecular weight is 483 g/mol. The summed E-state index contributed by atoms with van der Waals surface area (Å²) in [5.74, 6) is 2.17. The largest absolute Gasteiger partial charge is 0.508 e. The molecule has 1 unspecified atom stereocenters. The van der Waals surface area contributed by atoms with Gasteiger partial charge in [0, 0.05) is 17.7 Å². The van der Waals surface area contributed by atoms with Crippen LogP contribution in [-0.4, -0.2) is 29.5 Å². The number of hydrogen-bond donors (Lipinski definition) is 3. The molecule has 0 aliphatic carbocycles. The molecule has 0 fully saturated rings. The Balaban J connectivity index is 1.59. The highest BCUT2D eigenvalue weighted by atomic mass is 16.5. The van der Waals surface area contributed by atoms with Crippen molar-refractivity contribution in [2.24, 2.45) is 0 Å². The molecule has 0 radical (unpaired) electrons. The second-order valence-corrected chi connectivity index (χ2v) is 8.67. The first-order valence-corrected chi connectivity index (χ1v) is 11.5. The van der Waals surface area contributed by atoms with Gasteiger partial charge in [-0.15, -0.1) is 0 Å². The van der Waals surface area contributed by atoms with Crippen LogP contribution in [-0.2, 0) is 0 Å². The molecule has 0 bridgehead atoms. The maximum absolute atomic E-state index is 9.80.